The highest BCUT2D eigenvalue weighted by atomic mass is 35.5. The number of hydrogen-bond donors (Lipinski definition) is 2. The van der Waals surface area contributed by atoms with Gasteiger partial charge in [0.15, 0.2) is 12.0 Å². The molecule has 0 bridgehead atoms. The molecule has 1 aliphatic heterocycles. The molecule has 128 valence electrons. The van der Waals surface area contributed by atoms with E-state index in [2.05, 4.69) is 10.1 Å². The lowest BCUT2D eigenvalue weighted by Gasteiger charge is -2.28. The summed E-state index contributed by atoms with van der Waals surface area (Å²) in [6.45, 7) is 0. The first-order valence-electron chi connectivity index (χ1n) is 7.56. The fourth-order valence-electron chi connectivity index (χ4n) is 3.09. The number of aryl methyl sites for hydroxylation is 1. The molecule has 4 rings (SSSR count). The highest BCUT2D eigenvalue weighted by molar-refractivity contribution is 6.30. The van der Waals surface area contributed by atoms with Crippen LogP contribution in [0.5, 0.6) is 5.75 Å². The number of fused-ring (bicyclic) bond motifs is 1. The van der Waals surface area contributed by atoms with Crippen molar-refractivity contribution in [3.8, 4) is 17.0 Å². The van der Waals surface area contributed by atoms with Gasteiger partial charge < -0.3 is 10.5 Å². The zero-order chi connectivity index (χ0) is 17.8. The minimum atomic E-state index is -1.17. The monoisotopic (exact) mass is 359 g/mol. The summed E-state index contributed by atoms with van der Waals surface area (Å²) >= 11 is 5.92. The first kappa shape index (κ1) is 16.0. The predicted octanol–water partition coefficient (Wildman–Crippen LogP) is 2.15. The average molecular weight is 360 g/mol. The van der Waals surface area contributed by atoms with Gasteiger partial charge in [0.1, 0.15) is 17.1 Å². The molecular formula is C17H15ClFN5O. The van der Waals surface area contributed by atoms with Gasteiger partial charge in [0.05, 0.1) is 11.2 Å². The molecule has 0 spiro atoms. The van der Waals surface area contributed by atoms with Crippen LogP contribution in [0.3, 0.4) is 0 Å². The highest BCUT2D eigenvalue weighted by Gasteiger charge is 2.47. The SMILES string of the molecule is Cn1cc(-c2nccc3c2OC(N)C3(N)c2ccc(F)c(Cl)c2)cn1. The Hall–Kier alpha value is -2.48. The topological polar surface area (TPSA) is 92.0 Å². The van der Waals surface area contributed by atoms with Crippen LogP contribution in [0.15, 0.2) is 42.9 Å². The minimum Gasteiger partial charge on any atom is -0.470 e. The molecule has 0 amide bonds. The summed E-state index contributed by atoms with van der Waals surface area (Å²) in [7, 11) is 1.81. The van der Waals surface area contributed by atoms with Crippen molar-refractivity contribution in [3.63, 3.8) is 0 Å². The molecule has 6 nitrogen and oxygen atoms in total. The first-order chi connectivity index (χ1) is 11.9. The van der Waals surface area contributed by atoms with Crippen LogP contribution in [0.1, 0.15) is 11.1 Å². The summed E-state index contributed by atoms with van der Waals surface area (Å²) in [6, 6.07) is 6.04. The van der Waals surface area contributed by atoms with Gasteiger partial charge in [-0.25, -0.2) is 4.39 Å². The summed E-state index contributed by atoms with van der Waals surface area (Å²) in [4.78, 5) is 4.38. The lowest BCUT2D eigenvalue weighted by molar-refractivity contribution is 0.178. The Kier molecular flexibility index (Phi) is 3.54. The molecule has 8 heteroatoms. The molecule has 3 heterocycles. The van der Waals surface area contributed by atoms with Crippen LogP contribution in [0.4, 0.5) is 4.39 Å². The fraction of sp³-hybridized carbons (Fsp3) is 0.176. The number of pyridine rings is 1. The Morgan fingerprint density at radius 2 is 2.16 bits per heavy atom. The van der Waals surface area contributed by atoms with Crippen LogP contribution < -0.4 is 16.2 Å². The lowest BCUT2D eigenvalue weighted by atomic mass is 9.83. The Morgan fingerprint density at radius 1 is 1.36 bits per heavy atom. The average Bonchev–Trinajstić information content (AvgIpc) is 3.13. The van der Waals surface area contributed by atoms with E-state index in [4.69, 9.17) is 27.8 Å². The van der Waals surface area contributed by atoms with Crippen molar-refractivity contribution < 1.29 is 9.13 Å². The fourth-order valence-corrected chi connectivity index (χ4v) is 3.27. The van der Waals surface area contributed by atoms with Gasteiger partial charge in [0.2, 0.25) is 0 Å². The molecule has 1 aromatic carbocycles. The van der Waals surface area contributed by atoms with Gasteiger partial charge in [-0.15, -0.1) is 0 Å². The third-order valence-electron chi connectivity index (χ3n) is 4.42. The lowest BCUT2D eigenvalue weighted by Crippen LogP contribution is -2.52. The molecule has 0 saturated heterocycles. The van der Waals surface area contributed by atoms with Crippen molar-refractivity contribution in [1.82, 2.24) is 14.8 Å². The molecule has 2 aromatic heterocycles. The molecule has 0 radical (unpaired) electrons. The Morgan fingerprint density at radius 3 is 2.84 bits per heavy atom. The van der Waals surface area contributed by atoms with E-state index in [1.807, 2.05) is 13.2 Å². The third-order valence-corrected chi connectivity index (χ3v) is 4.71. The molecule has 4 N–H and O–H groups in total. The van der Waals surface area contributed by atoms with Gasteiger partial charge in [-0.2, -0.15) is 5.10 Å². The Balaban J connectivity index is 1.90. The second-order valence-corrected chi connectivity index (χ2v) is 6.38. The molecule has 0 saturated carbocycles. The van der Waals surface area contributed by atoms with E-state index < -0.39 is 17.6 Å². The van der Waals surface area contributed by atoms with E-state index in [1.54, 1.807) is 29.2 Å². The van der Waals surface area contributed by atoms with Gasteiger partial charge in [-0.05, 0) is 23.8 Å². The standard InChI is InChI=1S/C17H15ClFN5O/c1-24-8-9(7-23-24)14-15-11(4-5-22-14)17(21,16(20)25-15)10-2-3-13(19)12(18)6-10/h2-8,16H,20-21H2,1H3. The summed E-state index contributed by atoms with van der Waals surface area (Å²) in [5, 5.41) is 4.13. The maximum Gasteiger partial charge on any atom is 0.174 e. The van der Waals surface area contributed by atoms with Gasteiger partial charge in [-0.3, -0.25) is 15.4 Å². The van der Waals surface area contributed by atoms with Crippen molar-refractivity contribution in [1.29, 1.82) is 0 Å². The molecular weight excluding hydrogens is 345 g/mol. The number of rotatable bonds is 2. The van der Waals surface area contributed by atoms with Crippen molar-refractivity contribution in [2.45, 2.75) is 11.8 Å². The van der Waals surface area contributed by atoms with Crippen LogP contribution in [0, 0.1) is 5.82 Å². The predicted molar refractivity (Wildman–Crippen MR) is 91.4 cm³/mol. The van der Waals surface area contributed by atoms with Crippen molar-refractivity contribution in [3.05, 3.63) is 64.8 Å². The largest absolute Gasteiger partial charge is 0.470 e. The first-order valence-corrected chi connectivity index (χ1v) is 7.94. The summed E-state index contributed by atoms with van der Waals surface area (Å²) in [6.07, 6.45) is 4.27. The van der Waals surface area contributed by atoms with E-state index in [0.717, 1.165) is 5.56 Å². The van der Waals surface area contributed by atoms with Crippen LogP contribution in [-0.4, -0.2) is 21.0 Å². The number of hydrogen-bond acceptors (Lipinski definition) is 5. The number of nitrogens with two attached hydrogens (primary N) is 2. The van der Waals surface area contributed by atoms with Gasteiger partial charge in [0, 0.05) is 30.6 Å². The zero-order valence-electron chi connectivity index (χ0n) is 13.3. The number of benzene rings is 1. The van der Waals surface area contributed by atoms with E-state index in [9.17, 15) is 4.39 Å². The Bertz CT molecular complexity index is 975. The smallest absolute Gasteiger partial charge is 0.174 e. The maximum atomic E-state index is 13.5. The molecule has 0 aliphatic carbocycles. The van der Waals surface area contributed by atoms with Crippen molar-refractivity contribution in [2.24, 2.45) is 18.5 Å². The van der Waals surface area contributed by atoms with Gasteiger partial charge in [-0.1, -0.05) is 17.7 Å². The number of aromatic nitrogens is 3. The highest BCUT2D eigenvalue weighted by Crippen LogP contribution is 2.46. The van der Waals surface area contributed by atoms with Crippen LogP contribution in [0.25, 0.3) is 11.3 Å². The number of halogens is 2. The summed E-state index contributed by atoms with van der Waals surface area (Å²) in [5.41, 5.74) is 14.3. The third kappa shape index (κ3) is 2.31. The summed E-state index contributed by atoms with van der Waals surface area (Å²) in [5.74, 6) is -0.0292. The van der Waals surface area contributed by atoms with Crippen LogP contribution in [-0.2, 0) is 12.6 Å². The number of ether oxygens (including phenoxy) is 1. The molecule has 1 aliphatic rings. The van der Waals surface area contributed by atoms with E-state index in [-0.39, 0.29) is 5.02 Å². The second kappa shape index (κ2) is 5.52. The molecule has 0 fully saturated rings. The minimum absolute atomic E-state index is 0.0236. The van der Waals surface area contributed by atoms with E-state index >= 15 is 0 Å². The normalized spacial score (nSPS) is 21.9. The summed E-state index contributed by atoms with van der Waals surface area (Å²) < 4.78 is 21.1. The quantitative estimate of drug-likeness (QED) is 0.731. The molecule has 2 atom stereocenters. The van der Waals surface area contributed by atoms with Gasteiger partial charge in [0.25, 0.3) is 0 Å². The number of nitrogens with zero attached hydrogens (tertiary/aromatic N) is 3. The molecule has 3 aromatic rings. The molecule has 2 unspecified atom stereocenters. The van der Waals surface area contributed by atoms with Crippen molar-refractivity contribution >= 4 is 11.6 Å². The van der Waals surface area contributed by atoms with Gasteiger partial charge >= 0.3 is 0 Å². The van der Waals surface area contributed by atoms with Crippen molar-refractivity contribution in [2.75, 3.05) is 0 Å². The van der Waals surface area contributed by atoms with Crippen LogP contribution >= 0.6 is 11.6 Å². The molecule has 25 heavy (non-hydrogen) atoms. The second-order valence-electron chi connectivity index (χ2n) is 5.98. The van der Waals surface area contributed by atoms with E-state index in [1.165, 1.54) is 12.1 Å². The maximum absolute atomic E-state index is 13.5. The zero-order valence-corrected chi connectivity index (χ0v) is 14.0. The van der Waals surface area contributed by atoms with E-state index in [0.29, 0.717) is 22.6 Å². The Labute approximate surface area is 148 Å². The van der Waals surface area contributed by atoms with Crippen LogP contribution in [0.2, 0.25) is 5.02 Å².